The normalized spacial score (nSPS) is 38.0. The highest BCUT2D eigenvalue weighted by Crippen LogP contribution is 2.53. The quantitative estimate of drug-likeness (QED) is 0.111. The van der Waals surface area contributed by atoms with Gasteiger partial charge in [-0.05, 0) is 0 Å². The Morgan fingerprint density at radius 2 is 1.97 bits per heavy atom. The van der Waals surface area contributed by atoms with Crippen molar-refractivity contribution in [2.75, 3.05) is 26.4 Å². The molecule has 0 spiro atoms. The molecule has 2 saturated heterocycles. The fourth-order valence-electron chi connectivity index (χ4n) is 3.68. The van der Waals surface area contributed by atoms with Crippen LogP contribution >= 0.6 is 7.82 Å². The van der Waals surface area contributed by atoms with E-state index < -0.39 is 70.9 Å². The maximum atomic E-state index is 13.5. The molecule has 15 heteroatoms. The molecule has 0 amide bonds. The molecule has 0 aliphatic carbocycles. The summed E-state index contributed by atoms with van der Waals surface area (Å²) in [6.45, 7) is 8.93. The Hall–Kier alpha value is -0.895. The molecule has 0 radical (unpaired) electrons. The molecular formula is C16H29B3NO10P. The summed E-state index contributed by atoms with van der Waals surface area (Å²) >= 11 is 0. The average molecular weight is 462 g/mol. The van der Waals surface area contributed by atoms with E-state index in [0.717, 1.165) is 0 Å². The van der Waals surface area contributed by atoms with Gasteiger partial charge in [0.25, 0.3) is 7.98 Å². The molecule has 172 valence electrons. The van der Waals surface area contributed by atoms with Crippen LogP contribution in [-0.2, 0) is 41.8 Å². The Bertz CT molecular complexity index is 750. The molecule has 2 rings (SSSR count). The van der Waals surface area contributed by atoms with Crippen molar-refractivity contribution in [2.24, 2.45) is 5.92 Å². The number of ether oxygens (including phenoxy) is 3. The van der Waals surface area contributed by atoms with Gasteiger partial charge < -0.3 is 28.8 Å². The number of carbonyl (C=O) groups is 1. The number of nitrogens with zero attached hydrogens (tertiary/aromatic N) is 1. The minimum Gasteiger partial charge on any atom is -0.460 e. The summed E-state index contributed by atoms with van der Waals surface area (Å²) in [4.78, 5) is 14.5. The highest BCUT2D eigenvalue weighted by molar-refractivity contribution is 7.48. The van der Waals surface area contributed by atoms with Gasteiger partial charge in [-0.25, -0.2) is 11.1 Å². The van der Waals surface area contributed by atoms with Gasteiger partial charge >= 0.3 is 13.8 Å². The second-order valence-corrected chi connectivity index (χ2v) is 9.13. The minimum absolute atomic E-state index is 0.0962. The molecule has 0 bridgehead atoms. The van der Waals surface area contributed by atoms with E-state index in [1.165, 1.54) is 6.92 Å². The third-order valence-electron chi connectivity index (χ3n) is 5.24. The summed E-state index contributed by atoms with van der Waals surface area (Å²) in [6.07, 6.45) is -4.20. The number of carbonyl (C=O) groups excluding carboxylic acids is 1. The SMILES string of the molecule is [2H]B([3H])O[C@H]1C(OP(=O)(OCC[N+]#[C-])OC[C@H]2O[C@@H](B)[C@@H](OC(C)=O)C2C)[C@@H](CO)O[C@H]1B. The number of phosphoric acid groups is 1. The minimum atomic E-state index is -4.33. The van der Waals surface area contributed by atoms with Crippen molar-refractivity contribution in [2.45, 2.75) is 56.4 Å². The lowest BCUT2D eigenvalue weighted by molar-refractivity contribution is -0.148. The summed E-state index contributed by atoms with van der Waals surface area (Å²) in [5.41, 5.74) is 0. The van der Waals surface area contributed by atoms with Gasteiger partial charge in [0.15, 0.2) is 0 Å². The highest BCUT2D eigenvalue weighted by atomic mass is 31.2. The molecule has 0 aromatic carbocycles. The molecule has 0 aromatic rings. The molecule has 11 nitrogen and oxygen atoms in total. The Morgan fingerprint density at radius 1 is 1.29 bits per heavy atom. The number of phosphoric ester groups is 1. The predicted octanol–water partition coefficient (Wildman–Crippen LogP) is -2.36. The first-order valence-corrected chi connectivity index (χ1v) is 11.5. The standard InChI is InChI=1S/C16H29B3NO10P/c1-8-11(28-15(17)12(8)26-9(2)22)7-25-31(23,24-5-4-20-3)30-13-10(6-21)27-16(18)14(13)29-19/h8,10-16,21H,4-7,17-19H2,1-2H3/t8?,10-,11-,12+,13?,14+,15-,16-,31?/m1/s1/i19TD. The first-order valence-electron chi connectivity index (χ1n) is 11.2. The summed E-state index contributed by atoms with van der Waals surface area (Å²) in [6, 6.07) is -1.07. The van der Waals surface area contributed by atoms with Crippen LogP contribution in [0.25, 0.3) is 4.85 Å². The van der Waals surface area contributed by atoms with E-state index in [-0.39, 0.29) is 25.7 Å². The van der Waals surface area contributed by atoms with E-state index in [0.29, 0.717) is 0 Å². The fraction of sp³-hybridized carbons (Fsp3) is 0.875. The smallest absolute Gasteiger partial charge is 0.460 e. The van der Waals surface area contributed by atoms with Crippen LogP contribution in [0.5, 0.6) is 0 Å². The van der Waals surface area contributed by atoms with E-state index in [1.807, 2.05) is 0 Å². The first kappa shape index (κ1) is 23.3. The summed E-state index contributed by atoms with van der Waals surface area (Å²) in [7, 11) is -2.64. The second-order valence-electron chi connectivity index (χ2n) is 7.50. The van der Waals surface area contributed by atoms with Crippen LogP contribution < -0.4 is 0 Å². The van der Waals surface area contributed by atoms with Gasteiger partial charge in [0, 0.05) is 15.5 Å². The van der Waals surface area contributed by atoms with Crippen molar-refractivity contribution in [1.29, 1.82) is 2.67 Å². The second kappa shape index (κ2) is 11.8. The van der Waals surface area contributed by atoms with Crippen LogP contribution in [0, 0.1) is 12.5 Å². The molecule has 1 N–H and O–H groups in total. The molecule has 3 unspecified atom stereocenters. The van der Waals surface area contributed by atoms with Gasteiger partial charge in [-0.15, -0.1) is 0 Å². The zero-order valence-electron chi connectivity index (χ0n) is 20.0. The first-order chi connectivity index (χ1) is 15.5. The number of aliphatic hydroxyl groups excluding tert-OH is 1. The molecule has 2 aliphatic rings. The number of hydrogen-bond acceptors (Lipinski definition) is 10. The van der Waals surface area contributed by atoms with Gasteiger partial charge in [-0.2, -0.15) is 0 Å². The van der Waals surface area contributed by atoms with Crippen LogP contribution in [0.15, 0.2) is 0 Å². The van der Waals surface area contributed by atoms with Crippen LogP contribution in [0.1, 0.15) is 13.8 Å². The van der Waals surface area contributed by atoms with E-state index in [1.54, 1.807) is 22.6 Å². The largest absolute Gasteiger partial charge is 0.475 e. The molecule has 0 saturated carbocycles. The highest BCUT2D eigenvalue weighted by Gasteiger charge is 2.48. The maximum absolute atomic E-state index is 13.5. The zero-order valence-corrected chi connectivity index (χ0v) is 18.9. The van der Waals surface area contributed by atoms with Crippen molar-refractivity contribution in [1.82, 2.24) is 0 Å². The number of esters is 1. The topological polar surface area (TPSA) is 123 Å². The average Bonchev–Trinajstić information content (AvgIpc) is 3.16. The third-order valence-corrected chi connectivity index (χ3v) is 6.70. The Labute approximate surface area is 187 Å². The van der Waals surface area contributed by atoms with E-state index in [9.17, 15) is 14.5 Å². The van der Waals surface area contributed by atoms with Crippen molar-refractivity contribution in [3.63, 3.8) is 0 Å². The summed E-state index contributed by atoms with van der Waals surface area (Å²) < 4.78 is 66.5. The molecule has 2 fully saturated rings. The van der Waals surface area contributed by atoms with Gasteiger partial charge in [-0.1, -0.05) is 6.92 Å². The van der Waals surface area contributed by atoms with Crippen molar-refractivity contribution in [3.05, 3.63) is 11.4 Å². The molecule has 2 heterocycles. The summed E-state index contributed by atoms with van der Waals surface area (Å²) in [5, 5.41) is 9.66. The van der Waals surface area contributed by atoms with Crippen molar-refractivity contribution < 1.29 is 46.9 Å². The van der Waals surface area contributed by atoms with Crippen LogP contribution in [-0.4, -0.2) is 106 Å². The molecule has 2 aliphatic heterocycles. The molecular weight excluding hydrogens is 430 g/mol. The van der Waals surface area contributed by atoms with Crippen LogP contribution in [0.2, 0.25) is 0 Å². The predicted molar refractivity (Wildman–Crippen MR) is 115 cm³/mol. The summed E-state index contributed by atoms with van der Waals surface area (Å²) in [5.74, 6) is -0.719. The molecule has 31 heavy (non-hydrogen) atoms. The zero-order chi connectivity index (χ0) is 24.8. The molecule has 9 atom stereocenters. The van der Waals surface area contributed by atoms with Gasteiger partial charge in [0.1, 0.15) is 40.6 Å². The number of hydrogen-bond donors (Lipinski definition) is 1. The monoisotopic (exact) mass is 462 g/mol. The lowest BCUT2D eigenvalue weighted by atomic mass is 9.88. The van der Waals surface area contributed by atoms with Gasteiger partial charge in [0.2, 0.25) is 6.54 Å². The van der Waals surface area contributed by atoms with E-state index >= 15 is 0 Å². The molecule has 0 aromatic heterocycles. The van der Waals surface area contributed by atoms with Crippen molar-refractivity contribution in [3.8, 4) is 0 Å². The Kier molecular flexibility index (Phi) is 8.87. The van der Waals surface area contributed by atoms with E-state index in [4.69, 9.17) is 41.7 Å². The Balaban J connectivity index is 2.14. The Morgan fingerprint density at radius 3 is 2.58 bits per heavy atom. The maximum Gasteiger partial charge on any atom is 0.475 e. The number of aliphatic hydroxyl groups is 1. The third kappa shape index (κ3) is 6.79. The van der Waals surface area contributed by atoms with Crippen LogP contribution in [0.4, 0.5) is 0 Å². The lowest BCUT2D eigenvalue weighted by Crippen LogP contribution is -2.38. The van der Waals surface area contributed by atoms with Crippen molar-refractivity contribution >= 4 is 37.5 Å². The fourth-order valence-corrected chi connectivity index (χ4v) is 5.07. The lowest BCUT2D eigenvalue weighted by Gasteiger charge is -2.27. The van der Waals surface area contributed by atoms with Crippen LogP contribution in [0.3, 0.4) is 0 Å². The number of rotatable bonds is 12. The van der Waals surface area contributed by atoms with Gasteiger partial charge in [-0.3, -0.25) is 18.4 Å². The van der Waals surface area contributed by atoms with E-state index in [2.05, 4.69) is 4.85 Å². The van der Waals surface area contributed by atoms with Gasteiger partial charge in [0.05, 0.1) is 37.4 Å².